The fraction of sp³-hybridized carbons (Fsp3) is 0.500. The fourth-order valence-electron chi connectivity index (χ4n) is 1.13. The highest BCUT2D eigenvalue weighted by Crippen LogP contribution is 2.04. The van der Waals surface area contributed by atoms with Crippen LogP contribution < -0.4 is 5.32 Å². The Bertz CT molecular complexity index is 353. The minimum Gasteiger partial charge on any atom is -0.306 e. The normalized spacial score (nSPS) is 11.5. The van der Waals surface area contributed by atoms with Crippen molar-refractivity contribution in [1.82, 2.24) is 10.3 Å². The summed E-state index contributed by atoms with van der Waals surface area (Å²) in [6.07, 6.45) is 0. The van der Waals surface area contributed by atoms with E-state index in [2.05, 4.69) is 31.1 Å². The first-order chi connectivity index (χ1) is 6.88. The van der Waals surface area contributed by atoms with Crippen molar-refractivity contribution in [2.45, 2.75) is 39.8 Å². The molecule has 1 heterocycles. The zero-order valence-corrected chi connectivity index (χ0v) is 9.79. The van der Waals surface area contributed by atoms with Gasteiger partial charge in [0.25, 0.3) is 0 Å². The van der Waals surface area contributed by atoms with Crippen LogP contribution in [0.15, 0.2) is 18.2 Å². The lowest BCUT2D eigenvalue weighted by molar-refractivity contribution is 0.101. The second-order valence-electron chi connectivity index (χ2n) is 4.67. The van der Waals surface area contributed by atoms with Crippen molar-refractivity contribution in [3.05, 3.63) is 29.6 Å². The number of hydrogen-bond acceptors (Lipinski definition) is 3. The zero-order chi connectivity index (χ0) is 11.5. The van der Waals surface area contributed by atoms with Gasteiger partial charge >= 0.3 is 0 Å². The van der Waals surface area contributed by atoms with Crippen LogP contribution >= 0.6 is 0 Å². The molecule has 0 amide bonds. The predicted octanol–water partition coefficient (Wildman–Crippen LogP) is 2.17. The molecule has 0 radical (unpaired) electrons. The van der Waals surface area contributed by atoms with E-state index in [0.717, 1.165) is 5.69 Å². The van der Waals surface area contributed by atoms with Gasteiger partial charge in [0.05, 0.1) is 5.69 Å². The standard InChI is InChI=1S/C12H18N2O/c1-9(15)11-7-5-6-10(14-11)8-13-12(2,3)4/h5-7,13H,8H2,1-4H3. The Morgan fingerprint density at radius 3 is 2.60 bits per heavy atom. The number of ketones is 1. The quantitative estimate of drug-likeness (QED) is 0.771. The Hall–Kier alpha value is -1.22. The van der Waals surface area contributed by atoms with Gasteiger partial charge in [-0.2, -0.15) is 0 Å². The molecule has 0 aliphatic heterocycles. The molecule has 0 atom stereocenters. The summed E-state index contributed by atoms with van der Waals surface area (Å²) in [6, 6.07) is 5.53. The van der Waals surface area contributed by atoms with Crippen LogP contribution in [0.4, 0.5) is 0 Å². The van der Waals surface area contributed by atoms with Crippen LogP contribution in [0, 0.1) is 0 Å². The van der Waals surface area contributed by atoms with Crippen LogP contribution in [0.25, 0.3) is 0 Å². The Morgan fingerprint density at radius 2 is 2.07 bits per heavy atom. The average molecular weight is 206 g/mol. The molecule has 0 saturated heterocycles. The minimum atomic E-state index is 0.00705. The molecule has 0 bridgehead atoms. The first-order valence-corrected chi connectivity index (χ1v) is 5.10. The van der Waals surface area contributed by atoms with Crippen LogP contribution in [-0.2, 0) is 6.54 Å². The van der Waals surface area contributed by atoms with Gasteiger partial charge in [-0.25, -0.2) is 4.98 Å². The molecule has 0 saturated carbocycles. The summed E-state index contributed by atoms with van der Waals surface area (Å²) < 4.78 is 0. The van der Waals surface area contributed by atoms with Crippen molar-refractivity contribution in [2.24, 2.45) is 0 Å². The van der Waals surface area contributed by atoms with Crippen molar-refractivity contribution in [2.75, 3.05) is 0 Å². The summed E-state index contributed by atoms with van der Waals surface area (Å²) in [7, 11) is 0. The third-order valence-corrected chi connectivity index (χ3v) is 1.97. The van der Waals surface area contributed by atoms with Gasteiger partial charge in [-0.3, -0.25) is 4.79 Å². The summed E-state index contributed by atoms with van der Waals surface area (Å²) in [6.45, 7) is 8.51. The molecule has 0 fully saturated rings. The van der Waals surface area contributed by atoms with Gasteiger partial charge in [-0.1, -0.05) is 6.07 Å². The van der Waals surface area contributed by atoms with Gasteiger partial charge in [-0.15, -0.1) is 0 Å². The number of nitrogens with zero attached hydrogens (tertiary/aromatic N) is 1. The first-order valence-electron chi connectivity index (χ1n) is 5.10. The number of rotatable bonds is 3. The maximum absolute atomic E-state index is 11.1. The Balaban J connectivity index is 2.70. The van der Waals surface area contributed by atoms with Crippen molar-refractivity contribution in [1.29, 1.82) is 0 Å². The third-order valence-electron chi connectivity index (χ3n) is 1.97. The number of pyridine rings is 1. The first kappa shape index (κ1) is 11.9. The number of aromatic nitrogens is 1. The molecule has 15 heavy (non-hydrogen) atoms. The highest BCUT2D eigenvalue weighted by atomic mass is 16.1. The van der Waals surface area contributed by atoms with Crippen LogP contribution in [0.3, 0.4) is 0 Å². The van der Waals surface area contributed by atoms with Crippen molar-refractivity contribution < 1.29 is 4.79 Å². The lowest BCUT2D eigenvalue weighted by Gasteiger charge is -2.20. The molecular weight excluding hydrogens is 188 g/mol. The van der Waals surface area contributed by atoms with Gasteiger partial charge in [0.15, 0.2) is 5.78 Å². The van der Waals surface area contributed by atoms with E-state index in [9.17, 15) is 4.79 Å². The molecule has 1 aromatic rings. The van der Waals surface area contributed by atoms with E-state index >= 15 is 0 Å². The molecule has 0 unspecified atom stereocenters. The van der Waals surface area contributed by atoms with E-state index in [4.69, 9.17) is 0 Å². The van der Waals surface area contributed by atoms with E-state index in [1.165, 1.54) is 6.92 Å². The van der Waals surface area contributed by atoms with Crippen molar-refractivity contribution >= 4 is 5.78 Å². The van der Waals surface area contributed by atoms with Gasteiger partial charge in [0, 0.05) is 19.0 Å². The molecule has 0 aliphatic rings. The Morgan fingerprint density at radius 1 is 1.40 bits per heavy atom. The van der Waals surface area contributed by atoms with Crippen LogP contribution in [-0.4, -0.2) is 16.3 Å². The van der Waals surface area contributed by atoms with Crippen molar-refractivity contribution in [3.8, 4) is 0 Å². The summed E-state index contributed by atoms with van der Waals surface area (Å²) in [5.41, 5.74) is 1.49. The summed E-state index contributed by atoms with van der Waals surface area (Å²) >= 11 is 0. The highest BCUT2D eigenvalue weighted by molar-refractivity contribution is 5.92. The van der Waals surface area contributed by atoms with E-state index < -0.39 is 0 Å². The number of carbonyl (C=O) groups excluding carboxylic acids is 1. The lowest BCUT2D eigenvalue weighted by Crippen LogP contribution is -2.35. The largest absolute Gasteiger partial charge is 0.306 e. The Kier molecular flexibility index (Phi) is 3.58. The lowest BCUT2D eigenvalue weighted by atomic mass is 10.1. The monoisotopic (exact) mass is 206 g/mol. The van der Waals surface area contributed by atoms with Gasteiger partial charge in [0.2, 0.25) is 0 Å². The molecule has 1 N–H and O–H groups in total. The average Bonchev–Trinajstić information content (AvgIpc) is 2.14. The SMILES string of the molecule is CC(=O)c1cccc(CNC(C)(C)C)n1. The summed E-state index contributed by atoms with van der Waals surface area (Å²) in [5.74, 6) is 0.00705. The molecule has 82 valence electrons. The summed E-state index contributed by atoms with van der Waals surface area (Å²) in [4.78, 5) is 15.4. The minimum absolute atomic E-state index is 0.00705. The molecule has 0 aromatic carbocycles. The maximum Gasteiger partial charge on any atom is 0.178 e. The molecule has 0 spiro atoms. The zero-order valence-electron chi connectivity index (χ0n) is 9.79. The van der Waals surface area contributed by atoms with Crippen LogP contribution in [0.5, 0.6) is 0 Å². The highest BCUT2D eigenvalue weighted by Gasteiger charge is 2.09. The fourth-order valence-corrected chi connectivity index (χ4v) is 1.13. The molecule has 0 aliphatic carbocycles. The third kappa shape index (κ3) is 4.21. The van der Waals surface area contributed by atoms with E-state index in [1.807, 2.05) is 12.1 Å². The van der Waals surface area contributed by atoms with Gasteiger partial charge in [0.1, 0.15) is 5.69 Å². The summed E-state index contributed by atoms with van der Waals surface area (Å²) in [5, 5.41) is 3.33. The maximum atomic E-state index is 11.1. The molecular formula is C12H18N2O. The predicted molar refractivity (Wildman–Crippen MR) is 60.8 cm³/mol. The molecule has 3 heteroatoms. The van der Waals surface area contributed by atoms with Crippen LogP contribution in [0.1, 0.15) is 43.9 Å². The van der Waals surface area contributed by atoms with Crippen molar-refractivity contribution in [3.63, 3.8) is 0 Å². The van der Waals surface area contributed by atoms with E-state index in [-0.39, 0.29) is 11.3 Å². The number of Topliss-reactive ketones (excluding diaryl/α,β-unsaturated/α-hetero) is 1. The van der Waals surface area contributed by atoms with Gasteiger partial charge in [-0.05, 0) is 32.9 Å². The van der Waals surface area contributed by atoms with E-state index in [0.29, 0.717) is 12.2 Å². The van der Waals surface area contributed by atoms with Crippen LogP contribution in [0.2, 0.25) is 0 Å². The second kappa shape index (κ2) is 4.53. The number of carbonyl (C=O) groups is 1. The number of nitrogens with one attached hydrogen (secondary N) is 1. The smallest absolute Gasteiger partial charge is 0.178 e. The Labute approximate surface area is 90.9 Å². The van der Waals surface area contributed by atoms with Gasteiger partial charge < -0.3 is 5.32 Å². The topological polar surface area (TPSA) is 42.0 Å². The molecule has 3 nitrogen and oxygen atoms in total. The molecule has 1 rings (SSSR count). The second-order valence-corrected chi connectivity index (χ2v) is 4.67. The number of hydrogen-bond donors (Lipinski definition) is 1. The van der Waals surface area contributed by atoms with E-state index in [1.54, 1.807) is 6.07 Å². The molecule has 1 aromatic heterocycles.